The summed E-state index contributed by atoms with van der Waals surface area (Å²) in [6.07, 6.45) is -3.17. The third-order valence-corrected chi connectivity index (χ3v) is 3.49. The summed E-state index contributed by atoms with van der Waals surface area (Å²) in [6, 6.07) is 5.57. The molecule has 2 atom stereocenters. The highest BCUT2D eigenvalue weighted by molar-refractivity contribution is 5.28. The van der Waals surface area contributed by atoms with Crippen molar-refractivity contribution in [3.63, 3.8) is 0 Å². The van der Waals surface area contributed by atoms with Crippen LogP contribution in [0, 0.1) is 5.92 Å². The first-order valence-corrected chi connectivity index (χ1v) is 5.86. The summed E-state index contributed by atoms with van der Waals surface area (Å²) in [5.41, 5.74) is 0.426. The van der Waals surface area contributed by atoms with E-state index < -0.39 is 11.7 Å². The summed E-state index contributed by atoms with van der Waals surface area (Å²) in [6.45, 7) is 4.01. The van der Waals surface area contributed by atoms with Gasteiger partial charge in [0, 0.05) is 6.54 Å². The Balaban J connectivity index is 2.17. The SMILES string of the molecule is CC1CCNCC1c1ccc(C(F)(F)F)cc1. The average Bonchev–Trinajstić information content (AvgIpc) is 2.29. The summed E-state index contributed by atoms with van der Waals surface area (Å²) in [5, 5.41) is 3.29. The van der Waals surface area contributed by atoms with Gasteiger partial charge in [0.05, 0.1) is 5.56 Å². The molecule has 0 aliphatic carbocycles. The standard InChI is InChI=1S/C13H16F3N/c1-9-6-7-17-8-12(9)10-2-4-11(5-3-10)13(14,15)16/h2-5,9,12,17H,6-8H2,1H3. The quantitative estimate of drug-likeness (QED) is 0.797. The van der Waals surface area contributed by atoms with E-state index in [0.717, 1.165) is 25.1 Å². The zero-order valence-corrected chi connectivity index (χ0v) is 9.72. The molecule has 1 fully saturated rings. The summed E-state index contributed by atoms with van der Waals surface area (Å²) < 4.78 is 37.3. The van der Waals surface area contributed by atoms with Gasteiger partial charge in [0.1, 0.15) is 0 Å². The van der Waals surface area contributed by atoms with E-state index >= 15 is 0 Å². The van der Waals surface area contributed by atoms with Crippen molar-refractivity contribution in [2.45, 2.75) is 25.4 Å². The van der Waals surface area contributed by atoms with Gasteiger partial charge in [-0.3, -0.25) is 0 Å². The Hall–Kier alpha value is -1.03. The van der Waals surface area contributed by atoms with Gasteiger partial charge >= 0.3 is 6.18 Å². The molecular weight excluding hydrogens is 227 g/mol. The molecule has 1 aromatic carbocycles. The first kappa shape index (κ1) is 12.4. The Morgan fingerprint density at radius 3 is 2.35 bits per heavy atom. The number of rotatable bonds is 1. The van der Waals surface area contributed by atoms with Crippen LogP contribution in [0.4, 0.5) is 13.2 Å². The maximum absolute atomic E-state index is 12.4. The third kappa shape index (κ3) is 2.80. The second kappa shape index (κ2) is 4.69. The fraction of sp³-hybridized carbons (Fsp3) is 0.538. The van der Waals surface area contributed by atoms with Crippen LogP contribution in [0.15, 0.2) is 24.3 Å². The lowest BCUT2D eigenvalue weighted by Crippen LogP contribution is -2.33. The van der Waals surface area contributed by atoms with Gasteiger partial charge in [-0.2, -0.15) is 13.2 Å². The zero-order chi connectivity index (χ0) is 12.5. The molecule has 94 valence electrons. The van der Waals surface area contributed by atoms with E-state index in [1.807, 2.05) is 0 Å². The first-order valence-electron chi connectivity index (χ1n) is 5.86. The summed E-state index contributed by atoms with van der Waals surface area (Å²) in [4.78, 5) is 0. The number of nitrogens with one attached hydrogen (secondary N) is 1. The van der Waals surface area contributed by atoms with Gasteiger partial charge in [-0.1, -0.05) is 19.1 Å². The molecule has 0 saturated carbocycles. The number of benzene rings is 1. The molecule has 4 heteroatoms. The summed E-state index contributed by atoms with van der Waals surface area (Å²) in [7, 11) is 0. The molecule has 2 rings (SSSR count). The molecular formula is C13H16F3N. The third-order valence-electron chi connectivity index (χ3n) is 3.49. The molecule has 1 N–H and O–H groups in total. The maximum atomic E-state index is 12.4. The van der Waals surface area contributed by atoms with E-state index in [0.29, 0.717) is 11.8 Å². The van der Waals surface area contributed by atoms with Crippen molar-refractivity contribution >= 4 is 0 Å². The number of hydrogen-bond donors (Lipinski definition) is 1. The molecule has 1 aliphatic heterocycles. The minimum Gasteiger partial charge on any atom is -0.316 e. The highest BCUT2D eigenvalue weighted by Crippen LogP contribution is 2.33. The number of hydrogen-bond acceptors (Lipinski definition) is 1. The molecule has 17 heavy (non-hydrogen) atoms. The van der Waals surface area contributed by atoms with Crippen molar-refractivity contribution in [2.75, 3.05) is 13.1 Å². The maximum Gasteiger partial charge on any atom is 0.416 e. The minimum absolute atomic E-state index is 0.325. The van der Waals surface area contributed by atoms with Crippen LogP contribution in [0.2, 0.25) is 0 Å². The van der Waals surface area contributed by atoms with Gasteiger partial charge in [0.2, 0.25) is 0 Å². The van der Waals surface area contributed by atoms with Crippen LogP contribution in [0.5, 0.6) is 0 Å². The summed E-state index contributed by atoms with van der Waals surface area (Å²) >= 11 is 0. The fourth-order valence-corrected chi connectivity index (χ4v) is 2.36. The minimum atomic E-state index is -4.24. The van der Waals surface area contributed by atoms with Crippen molar-refractivity contribution in [1.29, 1.82) is 0 Å². The Labute approximate surface area is 99.0 Å². The molecule has 2 unspecified atom stereocenters. The van der Waals surface area contributed by atoms with Gasteiger partial charge in [0.25, 0.3) is 0 Å². The van der Waals surface area contributed by atoms with E-state index in [4.69, 9.17) is 0 Å². The van der Waals surface area contributed by atoms with E-state index in [-0.39, 0.29) is 0 Å². The Morgan fingerprint density at radius 2 is 1.82 bits per heavy atom. The number of halogens is 3. The molecule has 0 aromatic heterocycles. The number of alkyl halides is 3. The van der Waals surface area contributed by atoms with Crippen LogP contribution in [-0.4, -0.2) is 13.1 Å². The lowest BCUT2D eigenvalue weighted by molar-refractivity contribution is -0.137. The predicted molar refractivity (Wildman–Crippen MR) is 60.8 cm³/mol. The monoisotopic (exact) mass is 243 g/mol. The molecule has 0 amide bonds. The van der Waals surface area contributed by atoms with Gasteiger partial charge < -0.3 is 5.32 Å². The van der Waals surface area contributed by atoms with Crippen LogP contribution in [0.1, 0.15) is 30.4 Å². The zero-order valence-electron chi connectivity index (χ0n) is 9.72. The highest BCUT2D eigenvalue weighted by Gasteiger charge is 2.30. The first-order chi connectivity index (χ1) is 7.98. The van der Waals surface area contributed by atoms with Gasteiger partial charge in [-0.05, 0) is 42.5 Å². The van der Waals surface area contributed by atoms with Crippen molar-refractivity contribution in [2.24, 2.45) is 5.92 Å². The van der Waals surface area contributed by atoms with Crippen LogP contribution in [-0.2, 0) is 6.18 Å². The van der Waals surface area contributed by atoms with Gasteiger partial charge in [-0.25, -0.2) is 0 Å². The molecule has 1 heterocycles. The predicted octanol–water partition coefficient (Wildman–Crippen LogP) is 3.42. The van der Waals surface area contributed by atoms with Crippen molar-refractivity contribution in [3.05, 3.63) is 35.4 Å². The van der Waals surface area contributed by atoms with Gasteiger partial charge in [-0.15, -0.1) is 0 Å². The molecule has 0 bridgehead atoms. The lowest BCUT2D eigenvalue weighted by atomic mass is 9.82. The van der Waals surface area contributed by atoms with Crippen LogP contribution in [0.3, 0.4) is 0 Å². The van der Waals surface area contributed by atoms with Crippen LogP contribution in [0.25, 0.3) is 0 Å². The van der Waals surface area contributed by atoms with E-state index in [9.17, 15) is 13.2 Å². The molecule has 1 saturated heterocycles. The molecule has 1 aliphatic rings. The van der Waals surface area contributed by atoms with Crippen molar-refractivity contribution in [3.8, 4) is 0 Å². The normalized spacial score (nSPS) is 25.9. The smallest absolute Gasteiger partial charge is 0.316 e. The van der Waals surface area contributed by atoms with E-state index in [1.165, 1.54) is 12.1 Å². The molecule has 0 radical (unpaired) electrons. The lowest BCUT2D eigenvalue weighted by Gasteiger charge is -2.30. The van der Waals surface area contributed by atoms with Crippen LogP contribution < -0.4 is 5.32 Å². The molecule has 0 spiro atoms. The topological polar surface area (TPSA) is 12.0 Å². The van der Waals surface area contributed by atoms with E-state index in [2.05, 4.69) is 12.2 Å². The highest BCUT2D eigenvalue weighted by atomic mass is 19.4. The summed E-state index contributed by atoms with van der Waals surface area (Å²) in [5.74, 6) is 0.846. The van der Waals surface area contributed by atoms with Gasteiger partial charge in [0.15, 0.2) is 0 Å². The Bertz CT molecular complexity index is 369. The van der Waals surface area contributed by atoms with Crippen molar-refractivity contribution in [1.82, 2.24) is 5.32 Å². The average molecular weight is 243 g/mol. The Morgan fingerprint density at radius 1 is 1.18 bits per heavy atom. The molecule has 1 aromatic rings. The number of piperidine rings is 1. The largest absolute Gasteiger partial charge is 0.416 e. The van der Waals surface area contributed by atoms with Crippen molar-refractivity contribution < 1.29 is 13.2 Å². The second-order valence-electron chi connectivity index (χ2n) is 4.70. The van der Waals surface area contributed by atoms with E-state index in [1.54, 1.807) is 12.1 Å². The Kier molecular flexibility index (Phi) is 3.43. The molecule has 1 nitrogen and oxygen atoms in total. The second-order valence-corrected chi connectivity index (χ2v) is 4.70. The van der Waals surface area contributed by atoms with Crippen LogP contribution >= 0.6 is 0 Å². The fourth-order valence-electron chi connectivity index (χ4n) is 2.36.